The van der Waals surface area contributed by atoms with Crippen LogP contribution in [-0.2, 0) is 9.16 Å². The highest BCUT2D eigenvalue weighted by Gasteiger charge is 2.44. The highest BCUT2D eigenvalue weighted by Crippen LogP contribution is 2.42. The van der Waals surface area contributed by atoms with Gasteiger partial charge in [0.1, 0.15) is 0 Å². The largest absolute Gasteiger partial charge is 0.414 e. The van der Waals surface area contributed by atoms with Crippen molar-refractivity contribution in [3.63, 3.8) is 0 Å². The van der Waals surface area contributed by atoms with Crippen molar-refractivity contribution >= 4 is 8.32 Å². The van der Waals surface area contributed by atoms with Crippen LogP contribution in [0.15, 0.2) is 0 Å². The van der Waals surface area contributed by atoms with E-state index in [1.807, 2.05) is 0 Å². The molecule has 2 nitrogen and oxygen atoms in total. The van der Waals surface area contributed by atoms with E-state index in [-0.39, 0.29) is 5.60 Å². The Kier molecular flexibility index (Phi) is 7.12. The molecule has 0 aliphatic heterocycles. The summed E-state index contributed by atoms with van der Waals surface area (Å²) < 4.78 is 12.2. The summed E-state index contributed by atoms with van der Waals surface area (Å²) in [5, 5.41) is 0. The van der Waals surface area contributed by atoms with Crippen molar-refractivity contribution in [2.45, 2.75) is 84.5 Å². The number of rotatable bonds is 7. The van der Waals surface area contributed by atoms with Gasteiger partial charge in [0.15, 0.2) is 8.32 Å². The average Bonchev–Trinajstić information content (AvgIpc) is 2.13. The lowest BCUT2D eigenvalue weighted by Crippen LogP contribution is -2.48. The third-order valence-electron chi connectivity index (χ3n) is 3.68. The molecule has 0 saturated heterocycles. The Morgan fingerprint density at radius 1 is 0.778 bits per heavy atom. The molecule has 0 unspecified atom stereocenters. The predicted molar refractivity (Wildman–Crippen MR) is 82.7 cm³/mol. The van der Waals surface area contributed by atoms with E-state index in [4.69, 9.17) is 9.16 Å². The third-order valence-corrected chi connectivity index (χ3v) is 9.80. The molecule has 0 N–H and O–H groups in total. The fourth-order valence-corrected chi connectivity index (χ4v) is 8.50. The van der Waals surface area contributed by atoms with Crippen LogP contribution in [-0.4, -0.2) is 27.1 Å². The van der Waals surface area contributed by atoms with Gasteiger partial charge in [-0.25, -0.2) is 0 Å². The first-order valence-electron chi connectivity index (χ1n) is 7.32. The standard InChI is InChI=1S/C15H34O2Si/c1-12(2)18(13(3)4,14(5)6)17-11-10-16-15(7,8)9/h12-14H,10-11H2,1-9H3. The number of ether oxygens (including phenoxy) is 1. The van der Waals surface area contributed by atoms with Crippen LogP contribution in [0.25, 0.3) is 0 Å². The predicted octanol–water partition coefficient (Wildman–Crippen LogP) is 4.99. The van der Waals surface area contributed by atoms with E-state index in [0.717, 1.165) is 6.61 Å². The first kappa shape index (κ1) is 18.1. The summed E-state index contributed by atoms with van der Waals surface area (Å²) in [5.41, 5.74) is 1.87. The second kappa shape index (κ2) is 7.06. The van der Waals surface area contributed by atoms with Crippen LogP contribution >= 0.6 is 0 Å². The molecular formula is C15H34O2Si. The lowest BCUT2D eigenvalue weighted by molar-refractivity contribution is -0.0185. The van der Waals surface area contributed by atoms with Gasteiger partial charge in [0.2, 0.25) is 0 Å². The molecule has 18 heavy (non-hydrogen) atoms. The summed E-state index contributed by atoms with van der Waals surface area (Å²) in [4.78, 5) is 0. The summed E-state index contributed by atoms with van der Waals surface area (Å²) in [7, 11) is -1.70. The first-order chi connectivity index (χ1) is 8.04. The van der Waals surface area contributed by atoms with E-state index in [2.05, 4.69) is 62.3 Å². The van der Waals surface area contributed by atoms with E-state index >= 15 is 0 Å². The maximum Gasteiger partial charge on any atom is 0.200 e. The lowest BCUT2D eigenvalue weighted by atomic mass is 10.2. The lowest BCUT2D eigenvalue weighted by Gasteiger charge is -2.42. The minimum Gasteiger partial charge on any atom is -0.414 e. The molecule has 0 aromatic heterocycles. The van der Waals surface area contributed by atoms with Crippen molar-refractivity contribution in [1.29, 1.82) is 0 Å². The van der Waals surface area contributed by atoms with Gasteiger partial charge in [-0.2, -0.15) is 0 Å². The highest BCUT2D eigenvalue weighted by molar-refractivity contribution is 6.77. The van der Waals surface area contributed by atoms with Crippen LogP contribution in [0.4, 0.5) is 0 Å². The number of hydrogen-bond acceptors (Lipinski definition) is 2. The third kappa shape index (κ3) is 5.02. The summed E-state index contributed by atoms with van der Waals surface area (Å²) in [6, 6.07) is 0. The minimum atomic E-state index is -1.70. The Hall–Kier alpha value is 0.137. The molecule has 0 radical (unpaired) electrons. The smallest absolute Gasteiger partial charge is 0.200 e. The van der Waals surface area contributed by atoms with Crippen LogP contribution in [0, 0.1) is 0 Å². The maximum absolute atomic E-state index is 6.42. The molecule has 3 heteroatoms. The molecule has 0 saturated carbocycles. The monoisotopic (exact) mass is 274 g/mol. The Morgan fingerprint density at radius 3 is 1.44 bits per heavy atom. The first-order valence-corrected chi connectivity index (χ1v) is 9.46. The summed E-state index contributed by atoms with van der Waals surface area (Å²) in [6.07, 6.45) is 0. The summed E-state index contributed by atoms with van der Waals surface area (Å²) >= 11 is 0. The van der Waals surface area contributed by atoms with Gasteiger partial charge in [0.05, 0.1) is 18.8 Å². The quantitative estimate of drug-likeness (QED) is 0.481. The minimum absolute atomic E-state index is 0.0684. The Bertz CT molecular complexity index is 207. The van der Waals surface area contributed by atoms with E-state index in [1.54, 1.807) is 0 Å². The van der Waals surface area contributed by atoms with Gasteiger partial charge in [-0.3, -0.25) is 0 Å². The van der Waals surface area contributed by atoms with E-state index in [1.165, 1.54) is 0 Å². The Morgan fingerprint density at radius 2 is 1.17 bits per heavy atom. The highest BCUT2D eigenvalue weighted by atomic mass is 28.4. The van der Waals surface area contributed by atoms with Crippen LogP contribution in [0.2, 0.25) is 16.6 Å². The van der Waals surface area contributed by atoms with Crippen LogP contribution in [0.3, 0.4) is 0 Å². The van der Waals surface area contributed by atoms with Crippen molar-refractivity contribution in [2.75, 3.05) is 13.2 Å². The second-order valence-electron chi connectivity index (χ2n) is 7.13. The second-order valence-corrected chi connectivity index (χ2v) is 12.6. The number of hydrogen-bond donors (Lipinski definition) is 0. The molecule has 0 aromatic carbocycles. The zero-order valence-corrected chi connectivity index (χ0v) is 15.0. The average molecular weight is 275 g/mol. The van der Waals surface area contributed by atoms with E-state index in [9.17, 15) is 0 Å². The van der Waals surface area contributed by atoms with Crippen LogP contribution in [0.5, 0.6) is 0 Å². The molecule has 110 valence electrons. The summed E-state index contributed by atoms with van der Waals surface area (Å²) in [6.45, 7) is 21.6. The Balaban J connectivity index is 4.53. The van der Waals surface area contributed by atoms with Gasteiger partial charge >= 0.3 is 0 Å². The molecule has 0 aliphatic rings. The molecule has 0 fully saturated rings. The molecule has 0 atom stereocenters. The molecular weight excluding hydrogens is 240 g/mol. The van der Waals surface area contributed by atoms with Crippen molar-refractivity contribution in [3.8, 4) is 0 Å². The SMILES string of the molecule is CC(C)[Si](OCCOC(C)(C)C)(C(C)C)C(C)C. The van der Waals surface area contributed by atoms with Crippen LogP contribution < -0.4 is 0 Å². The topological polar surface area (TPSA) is 18.5 Å². The molecule has 0 rings (SSSR count). The molecule has 0 heterocycles. The van der Waals surface area contributed by atoms with Gasteiger partial charge in [0.25, 0.3) is 0 Å². The van der Waals surface area contributed by atoms with Crippen LogP contribution in [0.1, 0.15) is 62.3 Å². The Labute approximate surface area is 116 Å². The van der Waals surface area contributed by atoms with Gasteiger partial charge in [-0.1, -0.05) is 41.5 Å². The zero-order valence-electron chi connectivity index (χ0n) is 14.0. The fourth-order valence-electron chi connectivity index (χ4n) is 3.07. The maximum atomic E-state index is 6.42. The van der Waals surface area contributed by atoms with Crippen molar-refractivity contribution in [3.05, 3.63) is 0 Å². The van der Waals surface area contributed by atoms with Gasteiger partial charge in [-0.15, -0.1) is 0 Å². The fraction of sp³-hybridized carbons (Fsp3) is 1.00. The summed E-state index contributed by atoms with van der Waals surface area (Å²) in [5.74, 6) is 0. The molecule has 0 bridgehead atoms. The van der Waals surface area contributed by atoms with Crippen molar-refractivity contribution < 1.29 is 9.16 Å². The zero-order chi connectivity index (χ0) is 14.6. The van der Waals surface area contributed by atoms with Gasteiger partial charge in [0, 0.05) is 0 Å². The van der Waals surface area contributed by atoms with Gasteiger partial charge in [-0.05, 0) is 37.4 Å². The molecule has 0 spiro atoms. The molecule has 0 amide bonds. The molecule has 0 aromatic rings. The van der Waals surface area contributed by atoms with E-state index in [0.29, 0.717) is 23.2 Å². The van der Waals surface area contributed by atoms with Crippen molar-refractivity contribution in [2.24, 2.45) is 0 Å². The molecule has 0 aliphatic carbocycles. The normalized spacial score (nSPS) is 14.0. The van der Waals surface area contributed by atoms with Crippen molar-refractivity contribution in [1.82, 2.24) is 0 Å². The van der Waals surface area contributed by atoms with Gasteiger partial charge < -0.3 is 9.16 Å². The van der Waals surface area contributed by atoms with E-state index < -0.39 is 8.32 Å².